The lowest BCUT2D eigenvalue weighted by Crippen LogP contribution is -2.52. The van der Waals surface area contributed by atoms with E-state index in [2.05, 4.69) is 9.88 Å². The quantitative estimate of drug-likeness (QED) is 0.863. The first-order valence-corrected chi connectivity index (χ1v) is 10.5. The summed E-state index contributed by atoms with van der Waals surface area (Å²) in [5.41, 5.74) is 1.48. The van der Waals surface area contributed by atoms with Crippen LogP contribution >= 0.6 is 0 Å². The minimum Gasteiger partial charge on any atom is -0.322 e. The van der Waals surface area contributed by atoms with Gasteiger partial charge in [0.2, 0.25) is 0 Å². The van der Waals surface area contributed by atoms with Crippen LogP contribution in [0.3, 0.4) is 0 Å². The number of benzene rings is 1. The summed E-state index contributed by atoms with van der Waals surface area (Å²) in [6, 6.07) is 9.66. The lowest BCUT2D eigenvalue weighted by atomic mass is 10.1. The predicted octanol–water partition coefficient (Wildman–Crippen LogP) is 0.986. The van der Waals surface area contributed by atoms with Gasteiger partial charge in [-0.3, -0.25) is 9.69 Å². The Morgan fingerprint density at radius 3 is 2.31 bits per heavy atom. The highest BCUT2D eigenvalue weighted by Crippen LogP contribution is 2.19. The second-order valence-corrected chi connectivity index (χ2v) is 8.93. The maximum Gasteiger partial charge on any atom is 0.282 e. The highest BCUT2D eigenvalue weighted by atomic mass is 32.2. The molecule has 140 valence electrons. The lowest BCUT2D eigenvalue weighted by molar-refractivity contribution is 0.175. The van der Waals surface area contributed by atoms with E-state index in [1.807, 2.05) is 30.3 Å². The largest absolute Gasteiger partial charge is 0.322 e. The van der Waals surface area contributed by atoms with Gasteiger partial charge in [-0.1, -0.05) is 18.2 Å². The molecule has 1 aromatic heterocycles. The molecule has 3 heterocycles. The molecule has 2 aliphatic heterocycles. The molecule has 2 aliphatic rings. The molecule has 1 N–H and O–H groups in total. The zero-order valence-electron chi connectivity index (χ0n) is 14.7. The normalized spacial score (nSPS) is 20.8. The van der Waals surface area contributed by atoms with Crippen molar-refractivity contribution in [1.29, 1.82) is 0 Å². The molecule has 2 saturated heterocycles. The molecule has 0 bridgehead atoms. The van der Waals surface area contributed by atoms with Crippen molar-refractivity contribution in [3.63, 3.8) is 0 Å². The minimum absolute atomic E-state index is 0.0733. The van der Waals surface area contributed by atoms with Gasteiger partial charge < -0.3 is 4.98 Å². The summed E-state index contributed by atoms with van der Waals surface area (Å²) < 4.78 is 28.4. The van der Waals surface area contributed by atoms with Gasteiger partial charge in [-0.25, -0.2) is 0 Å². The third-order valence-corrected chi connectivity index (χ3v) is 7.31. The number of pyridine rings is 1. The lowest BCUT2D eigenvalue weighted by Gasteiger charge is -2.35. The fourth-order valence-corrected chi connectivity index (χ4v) is 5.42. The van der Waals surface area contributed by atoms with E-state index in [0.29, 0.717) is 45.8 Å². The highest BCUT2D eigenvalue weighted by molar-refractivity contribution is 7.86. The number of nitrogens with one attached hydrogen (secondary N) is 1. The number of aromatic nitrogens is 1. The van der Waals surface area contributed by atoms with Crippen molar-refractivity contribution < 1.29 is 8.42 Å². The van der Waals surface area contributed by atoms with Gasteiger partial charge in [-0.05, 0) is 30.4 Å². The van der Waals surface area contributed by atoms with Gasteiger partial charge in [0, 0.05) is 56.9 Å². The van der Waals surface area contributed by atoms with Crippen LogP contribution in [0.15, 0.2) is 35.1 Å². The van der Waals surface area contributed by atoms with Crippen LogP contribution in [-0.2, 0) is 16.8 Å². The molecule has 7 nitrogen and oxygen atoms in total. The molecule has 2 fully saturated rings. The number of nitrogens with zero attached hydrogens (tertiary/aromatic N) is 3. The first kappa shape index (κ1) is 17.7. The van der Waals surface area contributed by atoms with Crippen molar-refractivity contribution in [1.82, 2.24) is 18.5 Å². The summed E-state index contributed by atoms with van der Waals surface area (Å²) in [7, 11) is -3.32. The number of aromatic amines is 1. The first-order chi connectivity index (χ1) is 12.5. The third-order valence-electron chi connectivity index (χ3n) is 5.27. The smallest absolute Gasteiger partial charge is 0.282 e. The van der Waals surface area contributed by atoms with Crippen molar-refractivity contribution in [2.75, 3.05) is 39.3 Å². The second kappa shape index (κ2) is 7.11. The molecular weight excluding hydrogens is 352 g/mol. The molecule has 0 unspecified atom stereocenters. The first-order valence-electron chi connectivity index (χ1n) is 9.12. The molecule has 0 aliphatic carbocycles. The van der Waals surface area contributed by atoms with Crippen LogP contribution in [0.25, 0.3) is 10.9 Å². The summed E-state index contributed by atoms with van der Waals surface area (Å²) in [6.45, 7) is 4.04. The standard InChI is InChI=1S/C18H24N4O3S/c23-18-16(13-15-5-1-2-6-17(15)19-18)14-20-9-11-22(12-10-20)26(24,25)21-7-3-4-8-21/h1-2,5-6,13H,3-4,7-12,14H2,(H,19,23). The average molecular weight is 376 g/mol. The number of rotatable bonds is 4. The van der Waals surface area contributed by atoms with E-state index < -0.39 is 10.2 Å². The zero-order chi connectivity index (χ0) is 18.1. The predicted molar refractivity (Wildman–Crippen MR) is 101 cm³/mol. The Hall–Kier alpha value is -1.74. The summed E-state index contributed by atoms with van der Waals surface area (Å²) >= 11 is 0. The number of fused-ring (bicyclic) bond motifs is 1. The van der Waals surface area contributed by atoms with Gasteiger partial charge >= 0.3 is 0 Å². The van der Waals surface area contributed by atoms with E-state index >= 15 is 0 Å². The fourth-order valence-electron chi connectivity index (χ4n) is 3.75. The molecule has 0 radical (unpaired) electrons. The van der Waals surface area contributed by atoms with Crippen LogP contribution in [0.5, 0.6) is 0 Å². The van der Waals surface area contributed by atoms with Crippen molar-refractivity contribution in [3.8, 4) is 0 Å². The van der Waals surface area contributed by atoms with Gasteiger partial charge in [-0.2, -0.15) is 17.0 Å². The summed E-state index contributed by atoms with van der Waals surface area (Å²) in [5.74, 6) is 0. The molecule has 4 rings (SSSR count). The van der Waals surface area contributed by atoms with Crippen LogP contribution < -0.4 is 5.56 Å². The molecule has 26 heavy (non-hydrogen) atoms. The van der Waals surface area contributed by atoms with Crippen LogP contribution in [0.2, 0.25) is 0 Å². The maximum atomic E-state index is 12.6. The number of para-hydroxylation sites is 1. The van der Waals surface area contributed by atoms with Crippen LogP contribution in [0, 0.1) is 0 Å². The average Bonchev–Trinajstić information content (AvgIpc) is 3.18. The van der Waals surface area contributed by atoms with Gasteiger partial charge in [0.1, 0.15) is 0 Å². The molecule has 0 atom stereocenters. The Morgan fingerprint density at radius 2 is 1.58 bits per heavy atom. The van der Waals surface area contributed by atoms with Gasteiger partial charge in [0.25, 0.3) is 15.8 Å². The monoisotopic (exact) mass is 376 g/mol. The molecule has 1 aromatic carbocycles. The van der Waals surface area contributed by atoms with Gasteiger partial charge in [-0.15, -0.1) is 0 Å². The number of hydrogen-bond donors (Lipinski definition) is 1. The van der Waals surface area contributed by atoms with Crippen molar-refractivity contribution in [3.05, 3.63) is 46.2 Å². The Balaban J connectivity index is 1.43. The van der Waals surface area contributed by atoms with E-state index in [1.165, 1.54) is 0 Å². The summed E-state index contributed by atoms with van der Waals surface area (Å²) in [4.78, 5) is 17.4. The highest BCUT2D eigenvalue weighted by Gasteiger charge is 2.33. The topological polar surface area (TPSA) is 76.7 Å². The third kappa shape index (κ3) is 3.42. The Bertz CT molecular complexity index is 942. The maximum absolute atomic E-state index is 12.6. The zero-order valence-corrected chi connectivity index (χ0v) is 15.5. The molecule has 0 amide bonds. The SMILES string of the molecule is O=c1[nH]c2ccccc2cc1CN1CCN(S(=O)(=O)N2CCCC2)CC1. The van der Waals surface area contributed by atoms with Crippen LogP contribution in [0.4, 0.5) is 0 Å². The van der Waals surface area contributed by atoms with Crippen LogP contribution in [0.1, 0.15) is 18.4 Å². The van der Waals surface area contributed by atoms with Gasteiger partial charge in [0.15, 0.2) is 0 Å². The van der Waals surface area contributed by atoms with E-state index in [4.69, 9.17) is 0 Å². The van der Waals surface area contributed by atoms with Gasteiger partial charge in [0.05, 0.1) is 0 Å². The second-order valence-electron chi connectivity index (χ2n) is 7.00. The van der Waals surface area contributed by atoms with Crippen LogP contribution in [-0.4, -0.2) is 66.2 Å². The molecule has 8 heteroatoms. The van der Waals surface area contributed by atoms with E-state index in [1.54, 1.807) is 8.61 Å². The van der Waals surface area contributed by atoms with Crippen molar-refractivity contribution in [2.24, 2.45) is 0 Å². The van der Waals surface area contributed by atoms with E-state index in [-0.39, 0.29) is 5.56 Å². The molecule has 0 saturated carbocycles. The Kier molecular flexibility index (Phi) is 4.83. The summed E-state index contributed by atoms with van der Waals surface area (Å²) in [6.07, 6.45) is 1.90. The Labute approximate surface area is 153 Å². The molecule has 2 aromatic rings. The Morgan fingerprint density at radius 1 is 0.923 bits per heavy atom. The number of hydrogen-bond acceptors (Lipinski definition) is 4. The van der Waals surface area contributed by atoms with Crippen molar-refractivity contribution in [2.45, 2.75) is 19.4 Å². The van der Waals surface area contributed by atoms with E-state index in [0.717, 1.165) is 29.3 Å². The summed E-state index contributed by atoms with van der Waals surface area (Å²) in [5, 5.41) is 1.01. The van der Waals surface area contributed by atoms with E-state index in [9.17, 15) is 13.2 Å². The minimum atomic E-state index is -3.32. The number of H-pyrrole nitrogens is 1. The molecular formula is C18H24N4O3S. The molecule has 0 spiro atoms. The fraction of sp³-hybridized carbons (Fsp3) is 0.500. The number of piperazine rings is 1. The van der Waals surface area contributed by atoms with Crippen molar-refractivity contribution >= 4 is 21.1 Å².